The summed E-state index contributed by atoms with van der Waals surface area (Å²) in [5.41, 5.74) is 1.15. The van der Waals surface area contributed by atoms with E-state index in [1.165, 1.54) is 25.7 Å². The molecular weight excluding hydrogens is 330 g/mol. The van der Waals surface area contributed by atoms with E-state index in [4.69, 9.17) is 34.0 Å². The molecule has 0 radical (unpaired) electrons. The normalized spacial score (nSPS) is 13.6. The lowest BCUT2D eigenvalue weighted by Gasteiger charge is -2.16. The van der Waals surface area contributed by atoms with Crippen molar-refractivity contribution in [2.75, 3.05) is 21.3 Å². The molecule has 8 nitrogen and oxygen atoms in total. The predicted molar refractivity (Wildman–Crippen MR) is 90.5 cm³/mol. The molecule has 0 aromatic heterocycles. The van der Waals surface area contributed by atoms with Gasteiger partial charge in [-0.3, -0.25) is 0 Å². The highest BCUT2D eigenvalue weighted by atomic mass is 16.5. The molecule has 140 valence electrons. The van der Waals surface area contributed by atoms with Crippen LogP contribution in [-0.4, -0.2) is 49.5 Å². The highest BCUT2D eigenvalue weighted by Gasteiger charge is 2.16. The minimum absolute atomic E-state index is 0.648. The molecule has 1 aliphatic rings. The molecule has 0 bridgehead atoms. The van der Waals surface area contributed by atoms with Gasteiger partial charge < -0.3 is 29.7 Å². The quantitative estimate of drug-likeness (QED) is 0.663. The molecule has 3 N–H and O–H groups in total. The van der Waals surface area contributed by atoms with Crippen LogP contribution in [0.5, 0.6) is 17.2 Å². The third-order valence-corrected chi connectivity index (χ3v) is 3.86. The molecule has 1 aliphatic carbocycles. The summed E-state index contributed by atoms with van der Waals surface area (Å²) in [5.74, 6) is -1.57. The average Bonchev–Trinajstić information content (AvgIpc) is 3.12. The first kappa shape index (κ1) is 20.6. The van der Waals surface area contributed by atoms with E-state index < -0.39 is 11.9 Å². The summed E-state index contributed by atoms with van der Waals surface area (Å²) in [7, 11) is 4.91. The number of carboxylic acids is 2. The van der Waals surface area contributed by atoms with Crippen LogP contribution >= 0.6 is 0 Å². The second-order valence-electron chi connectivity index (χ2n) is 5.51. The molecular formula is C17H25NO7. The van der Waals surface area contributed by atoms with Crippen LogP contribution in [0.2, 0.25) is 0 Å². The van der Waals surface area contributed by atoms with Crippen molar-refractivity contribution in [2.45, 2.75) is 38.3 Å². The molecule has 0 aliphatic heterocycles. The zero-order valence-electron chi connectivity index (χ0n) is 14.7. The van der Waals surface area contributed by atoms with Gasteiger partial charge in [-0.25, -0.2) is 9.59 Å². The number of rotatable bonds is 6. The molecule has 2 rings (SSSR count). The minimum atomic E-state index is -1.82. The van der Waals surface area contributed by atoms with Crippen molar-refractivity contribution in [3.8, 4) is 17.2 Å². The van der Waals surface area contributed by atoms with Crippen molar-refractivity contribution in [3.05, 3.63) is 17.7 Å². The fourth-order valence-corrected chi connectivity index (χ4v) is 2.63. The third-order valence-electron chi connectivity index (χ3n) is 3.86. The number of benzene rings is 1. The summed E-state index contributed by atoms with van der Waals surface area (Å²) in [4.78, 5) is 18.2. The van der Waals surface area contributed by atoms with Gasteiger partial charge in [-0.15, -0.1) is 0 Å². The summed E-state index contributed by atoms with van der Waals surface area (Å²) in [6, 6.07) is 4.66. The standard InChI is InChI=1S/C15H23NO3.C2H2O4/c1-17-13-8-11(9-14(18-2)15(13)19-3)10-16-12-6-4-5-7-12;3-1(4)2(5)6/h8-9,12,16H,4-7,10H2,1-3H3;(H,3,4)(H,5,6). The first-order valence-corrected chi connectivity index (χ1v) is 7.91. The van der Waals surface area contributed by atoms with E-state index in [9.17, 15) is 0 Å². The number of ether oxygens (including phenoxy) is 3. The van der Waals surface area contributed by atoms with Gasteiger partial charge >= 0.3 is 11.9 Å². The Morgan fingerprint density at radius 3 is 1.84 bits per heavy atom. The Bertz CT molecular complexity index is 545. The van der Waals surface area contributed by atoms with Gasteiger partial charge in [0, 0.05) is 12.6 Å². The Hall–Kier alpha value is -2.48. The Morgan fingerprint density at radius 1 is 1.00 bits per heavy atom. The Kier molecular flexibility index (Phi) is 8.55. The van der Waals surface area contributed by atoms with Gasteiger partial charge in [0.1, 0.15) is 0 Å². The number of methoxy groups -OCH3 is 3. The third kappa shape index (κ3) is 6.50. The van der Waals surface area contributed by atoms with Gasteiger partial charge in [-0.05, 0) is 30.5 Å². The molecule has 0 spiro atoms. The largest absolute Gasteiger partial charge is 0.493 e. The SMILES string of the molecule is COc1cc(CNC2CCCC2)cc(OC)c1OC.O=C(O)C(=O)O. The minimum Gasteiger partial charge on any atom is -0.493 e. The van der Waals surface area contributed by atoms with E-state index in [-0.39, 0.29) is 0 Å². The first-order valence-electron chi connectivity index (χ1n) is 7.91. The fourth-order valence-electron chi connectivity index (χ4n) is 2.63. The average molecular weight is 355 g/mol. The van der Waals surface area contributed by atoms with Gasteiger partial charge in [-0.1, -0.05) is 12.8 Å². The summed E-state index contributed by atoms with van der Waals surface area (Å²) in [6.45, 7) is 0.835. The van der Waals surface area contributed by atoms with Crippen molar-refractivity contribution >= 4 is 11.9 Å². The zero-order valence-corrected chi connectivity index (χ0v) is 14.7. The number of hydrogen-bond acceptors (Lipinski definition) is 6. The predicted octanol–water partition coefficient (Wildman–Crippen LogP) is 1.90. The molecule has 1 aromatic rings. The molecule has 0 atom stereocenters. The molecule has 0 heterocycles. The van der Waals surface area contributed by atoms with E-state index >= 15 is 0 Å². The number of aliphatic carboxylic acids is 2. The molecule has 0 saturated heterocycles. The van der Waals surface area contributed by atoms with Crippen LogP contribution in [0, 0.1) is 0 Å². The van der Waals surface area contributed by atoms with Crippen molar-refractivity contribution in [1.82, 2.24) is 5.32 Å². The number of hydrogen-bond donors (Lipinski definition) is 3. The molecule has 0 unspecified atom stereocenters. The van der Waals surface area contributed by atoms with Gasteiger partial charge in [0.05, 0.1) is 21.3 Å². The summed E-state index contributed by atoms with van der Waals surface area (Å²) < 4.78 is 16.0. The fraction of sp³-hybridized carbons (Fsp3) is 0.529. The second-order valence-corrected chi connectivity index (χ2v) is 5.51. The lowest BCUT2D eigenvalue weighted by atomic mass is 10.1. The van der Waals surface area contributed by atoms with E-state index in [0.717, 1.165) is 12.1 Å². The first-order chi connectivity index (χ1) is 11.9. The molecule has 1 fully saturated rings. The summed E-state index contributed by atoms with van der Waals surface area (Å²) >= 11 is 0. The van der Waals surface area contributed by atoms with E-state index in [2.05, 4.69) is 5.32 Å². The topological polar surface area (TPSA) is 114 Å². The number of nitrogens with one attached hydrogen (secondary N) is 1. The van der Waals surface area contributed by atoms with Crippen molar-refractivity contribution in [3.63, 3.8) is 0 Å². The molecule has 1 aromatic carbocycles. The molecule has 0 amide bonds. The smallest absolute Gasteiger partial charge is 0.414 e. The van der Waals surface area contributed by atoms with Gasteiger partial charge in [0.25, 0.3) is 0 Å². The maximum Gasteiger partial charge on any atom is 0.414 e. The Balaban J connectivity index is 0.000000450. The Labute approximate surface area is 146 Å². The highest BCUT2D eigenvalue weighted by molar-refractivity contribution is 6.27. The van der Waals surface area contributed by atoms with Gasteiger partial charge in [0.15, 0.2) is 11.5 Å². The van der Waals surface area contributed by atoms with Crippen LogP contribution < -0.4 is 19.5 Å². The number of carbonyl (C=O) groups is 2. The van der Waals surface area contributed by atoms with E-state index in [1.54, 1.807) is 21.3 Å². The summed E-state index contributed by atoms with van der Waals surface area (Å²) in [5, 5.41) is 18.4. The maximum absolute atomic E-state index is 9.10. The molecule has 8 heteroatoms. The van der Waals surface area contributed by atoms with Crippen LogP contribution in [-0.2, 0) is 16.1 Å². The zero-order chi connectivity index (χ0) is 18.8. The van der Waals surface area contributed by atoms with Crippen LogP contribution in [0.1, 0.15) is 31.2 Å². The van der Waals surface area contributed by atoms with Crippen molar-refractivity contribution in [2.24, 2.45) is 0 Å². The monoisotopic (exact) mass is 355 g/mol. The van der Waals surface area contributed by atoms with Crippen LogP contribution in [0.3, 0.4) is 0 Å². The van der Waals surface area contributed by atoms with Gasteiger partial charge in [0.2, 0.25) is 5.75 Å². The van der Waals surface area contributed by atoms with Crippen molar-refractivity contribution < 1.29 is 34.0 Å². The number of carboxylic acid groups (broad SMARTS) is 2. The van der Waals surface area contributed by atoms with Gasteiger partial charge in [-0.2, -0.15) is 0 Å². The summed E-state index contributed by atoms with van der Waals surface area (Å²) in [6.07, 6.45) is 5.24. The maximum atomic E-state index is 9.10. The molecule has 1 saturated carbocycles. The second kappa shape index (κ2) is 10.4. The van der Waals surface area contributed by atoms with Crippen LogP contribution in [0.4, 0.5) is 0 Å². The van der Waals surface area contributed by atoms with Crippen LogP contribution in [0.25, 0.3) is 0 Å². The lowest BCUT2D eigenvalue weighted by molar-refractivity contribution is -0.159. The lowest BCUT2D eigenvalue weighted by Crippen LogP contribution is -2.25. The van der Waals surface area contributed by atoms with E-state index in [0.29, 0.717) is 23.3 Å². The van der Waals surface area contributed by atoms with E-state index in [1.807, 2.05) is 12.1 Å². The van der Waals surface area contributed by atoms with Crippen LogP contribution in [0.15, 0.2) is 12.1 Å². The Morgan fingerprint density at radius 2 is 1.48 bits per heavy atom. The highest BCUT2D eigenvalue weighted by Crippen LogP contribution is 2.38. The van der Waals surface area contributed by atoms with Crippen molar-refractivity contribution in [1.29, 1.82) is 0 Å². The molecule has 25 heavy (non-hydrogen) atoms.